The third-order valence-electron chi connectivity index (χ3n) is 8.92. The van der Waals surface area contributed by atoms with E-state index in [1.54, 1.807) is 0 Å². The van der Waals surface area contributed by atoms with Crippen molar-refractivity contribution in [1.82, 2.24) is 9.13 Å². The van der Waals surface area contributed by atoms with Crippen molar-refractivity contribution >= 4 is 43.6 Å². The second-order valence-electron chi connectivity index (χ2n) is 11.4. The average Bonchev–Trinajstić information content (AvgIpc) is 3.60. The Morgan fingerprint density at radius 1 is 0.295 bits per heavy atom. The van der Waals surface area contributed by atoms with Gasteiger partial charge in [0.05, 0.1) is 22.1 Å². The fourth-order valence-electron chi connectivity index (χ4n) is 6.95. The Balaban J connectivity index is 1.39. The molecule has 2 heteroatoms. The van der Waals surface area contributed by atoms with Crippen molar-refractivity contribution < 1.29 is 0 Å². The van der Waals surface area contributed by atoms with Crippen molar-refractivity contribution in [2.24, 2.45) is 0 Å². The summed E-state index contributed by atoms with van der Waals surface area (Å²) in [5.74, 6) is 0. The summed E-state index contributed by atoms with van der Waals surface area (Å²) in [7, 11) is 0. The molecule has 206 valence electrons. The zero-order valence-electron chi connectivity index (χ0n) is 24.1. The summed E-state index contributed by atoms with van der Waals surface area (Å²) in [5, 5.41) is 5.03. The van der Waals surface area contributed by atoms with Crippen LogP contribution in [0.15, 0.2) is 170 Å². The zero-order chi connectivity index (χ0) is 29.0. The molecule has 9 aromatic rings. The molecule has 2 nitrogen and oxygen atoms in total. The van der Waals surface area contributed by atoms with Gasteiger partial charge in [0.15, 0.2) is 0 Å². The molecule has 0 N–H and O–H groups in total. The minimum atomic E-state index is 1.16. The van der Waals surface area contributed by atoms with Gasteiger partial charge in [-0.1, -0.05) is 121 Å². The first-order valence-electron chi connectivity index (χ1n) is 15.1. The quantitative estimate of drug-likeness (QED) is 0.203. The van der Waals surface area contributed by atoms with Crippen LogP contribution in [0.2, 0.25) is 0 Å². The van der Waals surface area contributed by atoms with Crippen LogP contribution >= 0.6 is 0 Å². The molecule has 0 radical (unpaired) electrons. The predicted molar refractivity (Wildman–Crippen MR) is 186 cm³/mol. The van der Waals surface area contributed by atoms with Crippen molar-refractivity contribution in [2.45, 2.75) is 0 Å². The van der Waals surface area contributed by atoms with Crippen LogP contribution in [0.4, 0.5) is 0 Å². The standard InChI is InChI=1S/C42H28N2/c1-4-13-29(14-5-1)30-23-25-33(26-24-30)43-38-21-11-10-19-35(38)36-27-41-37(28-40(36)43)42-34(31-15-6-2-7-16-31)20-12-22-39(42)44(41)32-17-8-3-9-18-32/h1-28H. The number of hydrogen-bond donors (Lipinski definition) is 0. The minimum absolute atomic E-state index is 1.16. The highest BCUT2D eigenvalue weighted by atomic mass is 15.0. The van der Waals surface area contributed by atoms with Crippen molar-refractivity contribution in [1.29, 1.82) is 0 Å². The lowest BCUT2D eigenvalue weighted by Crippen LogP contribution is -1.94. The van der Waals surface area contributed by atoms with Crippen molar-refractivity contribution in [3.8, 4) is 33.6 Å². The van der Waals surface area contributed by atoms with Crippen LogP contribution in [0.1, 0.15) is 0 Å². The van der Waals surface area contributed by atoms with Crippen LogP contribution < -0.4 is 0 Å². The number of para-hydroxylation sites is 2. The first-order valence-corrected chi connectivity index (χ1v) is 15.1. The Kier molecular flexibility index (Phi) is 5.54. The van der Waals surface area contributed by atoms with Gasteiger partial charge in [0.1, 0.15) is 0 Å². The molecule has 9 rings (SSSR count). The summed E-state index contributed by atoms with van der Waals surface area (Å²) in [4.78, 5) is 0. The van der Waals surface area contributed by atoms with E-state index in [1.165, 1.54) is 65.9 Å². The predicted octanol–water partition coefficient (Wildman–Crippen LogP) is 11.2. The maximum Gasteiger partial charge on any atom is 0.0549 e. The molecule has 0 aliphatic carbocycles. The fourth-order valence-corrected chi connectivity index (χ4v) is 6.95. The highest BCUT2D eigenvalue weighted by Crippen LogP contribution is 2.42. The summed E-state index contributed by atoms with van der Waals surface area (Å²) in [5.41, 5.74) is 12.1. The molecule has 0 aliphatic rings. The monoisotopic (exact) mass is 560 g/mol. The molecule has 0 atom stereocenters. The molecule has 0 spiro atoms. The zero-order valence-corrected chi connectivity index (χ0v) is 24.1. The first-order chi connectivity index (χ1) is 21.8. The first kappa shape index (κ1) is 24.7. The van der Waals surface area contributed by atoms with Crippen LogP contribution in [-0.4, -0.2) is 9.13 Å². The van der Waals surface area contributed by atoms with Gasteiger partial charge in [-0.05, 0) is 70.8 Å². The molecule has 0 fully saturated rings. The molecule has 0 unspecified atom stereocenters. The van der Waals surface area contributed by atoms with Crippen LogP contribution in [-0.2, 0) is 0 Å². The third kappa shape index (κ3) is 3.75. The Morgan fingerprint density at radius 3 is 1.57 bits per heavy atom. The Hall–Kier alpha value is -5.86. The Labute approximate surface area is 255 Å². The van der Waals surface area contributed by atoms with Gasteiger partial charge in [0.25, 0.3) is 0 Å². The highest BCUT2D eigenvalue weighted by Gasteiger charge is 2.20. The van der Waals surface area contributed by atoms with E-state index >= 15 is 0 Å². The largest absolute Gasteiger partial charge is 0.309 e. The molecule has 0 aliphatic heterocycles. The molecule has 44 heavy (non-hydrogen) atoms. The molecule has 0 saturated carbocycles. The van der Waals surface area contributed by atoms with E-state index in [9.17, 15) is 0 Å². The van der Waals surface area contributed by atoms with E-state index < -0.39 is 0 Å². The summed E-state index contributed by atoms with van der Waals surface area (Å²) in [6, 6.07) is 61.4. The van der Waals surface area contributed by atoms with Crippen molar-refractivity contribution in [3.63, 3.8) is 0 Å². The Bertz CT molecular complexity index is 2450. The van der Waals surface area contributed by atoms with Gasteiger partial charge in [-0.15, -0.1) is 0 Å². The van der Waals surface area contributed by atoms with Crippen LogP contribution in [0.3, 0.4) is 0 Å². The number of fused-ring (bicyclic) bond motifs is 6. The average molecular weight is 561 g/mol. The second kappa shape index (κ2) is 9.86. The molecule has 7 aromatic carbocycles. The van der Waals surface area contributed by atoms with Crippen molar-refractivity contribution in [3.05, 3.63) is 170 Å². The van der Waals surface area contributed by atoms with E-state index in [1.807, 2.05) is 0 Å². The van der Waals surface area contributed by atoms with Gasteiger partial charge in [-0.25, -0.2) is 0 Å². The van der Waals surface area contributed by atoms with Gasteiger partial charge in [-0.3, -0.25) is 0 Å². The topological polar surface area (TPSA) is 9.86 Å². The second-order valence-corrected chi connectivity index (χ2v) is 11.4. The van der Waals surface area contributed by atoms with E-state index in [2.05, 4.69) is 179 Å². The fraction of sp³-hybridized carbons (Fsp3) is 0. The van der Waals surface area contributed by atoms with Gasteiger partial charge >= 0.3 is 0 Å². The normalized spacial score (nSPS) is 11.6. The summed E-state index contributed by atoms with van der Waals surface area (Å²) >= 11 is 0. The van der Waals surface area contributed by atoms with E-state index in [0.29, 0.717) is 0 Å². The molecule has 0 saturated heterocycles. The lowest BCUT2D eigenvalue weighted by molar-refractivity contribution is 1.17. The molecular formula is C42H28N2. The van der Waals surface area contributed by atoms with Gasteiger partial charge in [0, 0.05) is 32.9 Å². The lowest BCUT2D eigenvalue weighted by Gasteiger charge is -2.10. The maximum absolute atomic E-state index is 2.43. The molecular weight excluding hydrogens is 532 g/mol. The maximum atomic E-state index is 2.43. The minimum Gasteiger partial charge on any atom is -0.309 e. The van der Waals surface area contributed by atoms with Gasteiger partial charge < -0.3 is 9.13 Å². The number of hydrogen-bond acceptors (Lipinski definition) is 0. The van der Waals surface area contributed by atoms with Gasteiger partial charge in [0.2, 0.25) is 0 Å². The van der Waals surface area contributed by atoms with Crippen molar-refractivity contribution in [2.75, 3.05) is 0 Å². The van der Waals surface area contributed by atoms with Crippen LogP contribution in [0, 0.1) is 0 Å². The smallest absolute Gasteiger partial charge is 0.0549 e. The molecule has 0 bridgehead atoms. The number of rotatable bonds is 4. The molecule has 2 heterocycles. The van der Waals surface area contributed by atoms with Crippen LogP contribution in [0.5, 0.6) is 0 Å². The SMILES string of the molecule is c1ccc(-c2ccc(-n3c4ccccc4c4cc5c(cc43)c3c(-c4ccccc4)cccc3n5-c3ccccc3)cc2)cc1. The lowest BCUT2D eigenvalue weighted by atomic mass is 9.99. The number of nitrogens with zero attached hydrogens (tertiary/aromatic N) is 2. The summed E-state index contributed by atoms with van der Waals surface area (Å²) in [6.45, 7) is 0. The summed E-state index contributed by atoms with van der Waals surface area (Å²) < 4.78 is 4.85. The van der Waals surface area contributed by atoms with E-state index in [-0.39, 0.29) is 0 Å². The highest BCUT2D eigenvalue weighted by molar-refractivity contribution is 6.21. The Morgan fingerprint density at radius 2 is 0.818 bits per heavy atom. The van der Waals surface area contributed by atoms with Crippen LogP contribution in [0.25, 0.3) is 77.2 Å². The van der Waals surface area contributed by atoms with E-state index in [0.717, 1.165) is 11.4 Å². The molecule has 0 amide bonds. The van der Waals surface area contributed by atoms with Gasteiger partial charge in [-0.2, -0.15) is 0 Å². The third-order valence-corrected chi connectivity index (χ3v) is 8.92. The summed E-state index contributed by atoms with van der Waals surface area (Å²) in [6.07, 6.45) is 0. The molecule has 2 aromatic heterocycles. The number of benzene rings is 7. The number of aromatic nitrogens is 2. The van der Waals surface area contributed by atoms with E-state index in [4.69, 9.17) is 0 Å².